The van der Waals surface area contributed by atoms with Crippen LogP contribution in [-0.4, -0.2) is 18.6 Å². The molecule has 0 aromatic heterocycles. The number of hydrogen-bond donors (Lipinski definition) is 1. The third-order valence-corrected chi connectivity index (χ3v) is 2.91. The Kier molecular flexibility index (Phi) is 6.26. The molecule has 100 valence electrons. The minimum absolute atomic E-state index is 0.107. The largest absolute Gasteiger partial charge is 0.494 e. The van der Waals surface area contributed by atoms with Gasteiger partial charge in [0.05, 0.1) is 6.61 Å². The van der Waals surface area contributed by atoms with Gasteiger partial charge in [0.25, 0.3) is 0 Å². The second-order valence-corrected chi connectivity index (χ2v) is 4.42. The minimum Gasteiger partial charge on any atom is -0.494 e. The van der Waals surface area contributed by atoms with E-state index in [-0.39, 0.29) is 11.9 Å². The van der Waals surface area contributed by atoms with Crippen LogP contribution < -0.4 is 10.1 Å². The van der Waals surface area contributed by atoms with E-state index in [0.717, 1.165) is 24.2 Å². The van der Waals surface area contributed by atoms with Gasteiger partial charge in [-0.05, 0) is 38.3 Å². The fourth-order valence-corrected chi connectivity index (χ4v) is 1.70. The van der Waals surface area contributed by atoms with Crippen molar-refractivity contribution in [3.05, 3.63) is 29.8 Å². The first-order valence-electron chi connectivity index (χ1n) is 6.67. The van der Waals surface area contributed by atoms with Gasteiger partial charge in [-0.1, -0.05) is 25.1 Å². The van der Waals surface area contributed by atoms with Gasteiger partial charge >= 0.3 is 0 Å². The van der Waals surface area contributed by atoms with Crippen LogP contribution in [-0.2, 0) is 11.2 Å². The molecule has 0 heterocycles. The van der Waals surface area contributed by atoms with Crippen molar-refractivity contribution in [2.75, 3.05) is 6.61 Å². The first-order valence-corrected chi connectivity index (χ1v) is 6.67. The molecule has 1 atom stereocenters. The van der Waals surface area contributed by atoms with Crippen LogP contribution in [0.4, 0.5) is 0 Å². The van der Waals surface area contributed by atoms with Gasteiger partial charge in [0.15, 0.2) is 0 Å². The van der Waals surface area contributed by atoms with Crippen molar-refractivity contribution in [3.63, 3.8) is 0 Å². The quantitative estimate of drug-likeness (QED) is 0.807. The van der Waals surface area contributed by atoms with Gasteiger partial charge in [0, 0.05) is 12.5 Å². The maximum atomic E-state index is 11.7. The number of carbonyl (C=O) groups excluding carboxylic acids is 1. The Morgan fingerprint density at radius 2 is 2.06 bits per heavy atom. The number of para-hydroxylation sites is 1. The van der Waals surface area contributed by atoms with Crippen molar-refractivity contribution in [2.24, 2.45) is 0 Å². The van der Waals surface area contributed by atoms with Crippen molar-refractivity contribution in [2.45, 2.75) is 46.1 Å². The summed E-state index contributed by atoms with van der Waals surface area (Å²) in [6.45, 7) is 6.70. The molecule has 18 heavy (non-hydrogen) atoms. The number of hydrogen-bond acceptors (Lipinski definition) is 2. The van der Waals surface area contributed by atoms with Crippen molar-refractivity contribution in [3.8, 4) is 5.75 Å². The molecule has 1 aromatic carbocycles. The van der Waals surface area contributed by atoms with Crippen LogP contribution in [0, 0.1) is 0 Å². The van der Waals surface area contributed by atoms with Gasteiger partial charge in [-0.15, -0.1) is 0 Å². The molecule has 0 bridgehead atoms. The van der Waals surface area contributed by atoms with Crippen LogP contribution in [0.2, 0.25) is 0 Å². The van der Waals surface area contributed by atoms with E-state index in [4.69, 9.17) is 4.74 Å². The van der Waals surface area contributed by atoms with Crippen LogP contribution in [0.15, 0.2) is 24.3 Å². The molecule has 0 saturated heterocycles. The number of amides is 1. The number of rotatable bonds is 7. The molecule has 1 aromatic rings. The van der Waals surface area contributed by atoms with Crippen LogP contribution in [0.25, 0.3) is 0 Å². The Morgan fingerprint density at radius 1 is 1.33 bits per heavy atom. The maximum Gasteiger partial charge on any atom is 0.220 e. The zero-order valence-corrected chi connectivity index (χ0v) is 11.5. The van der Waals surface area contributed by atoms with Gasteiger partial charge in [-0.2, -0.15) is 0 Å². The first-order chi connectivity index (χ1) is 8.67. The zero-order chi connectivity index (χ0) is 13.4. The molecule has 0 saturated carbocycles. The molecule has 1 rings (SSSR count). The summed E-state index contributed by atoms with van der Waals surface area (Å²) in [4.78, 5) is 11.7. The molecule has 0 fully saturated rings. The van der Waals surface area contributed by atoms with E-state index in [9.17, 15) is 4.79 Å². The van der Waals surface area contributed by atoms with Crippen LogP contribution in [0.1, 0.15) is 39.2 Å². The molecule has 0 unspecified atom stereocenters. The first kappa shape index (κ1) is 14.6. The minimum atomic E-state index is 0.107. The van der Waals surface area contributed by atoms with E-state index >= 15 is 0 Å². The molecule has 3 heteroatoms. The fraction of sp³-hybridized carbons (Fsp3) is 0.533. The van der Waals surface area contributed by atoms with Crippen LogP contribution in [0.5, 0.6) is 5.75 Å². The summed E-state index contributed by atoms with van der Waals surface area (Å²) < 4.78 is 5.54. The third kappa shape index (κ3) is 4.78. The van der Waals surface area contributed by atoms with Gasteiger partial charge in [-0.25, -0.2) is 0 Å². The lowest BCUT2D eigenvalue weighted by Gasteiger charge is -2.12. The molecule has 1 N–H and O–H groups in total. The standard InChI is InChI=1S/C15H23NO2/c1-4-12(3)16-15(17)11-10-13-8-6-7-9-14(13)18-5-2/h6-9,12H,4-5,10-11H2,1-3H3,(H,16,17)/t12-/m0/s1. The summed E-state index contributed by atoms with van der Waals surface area (Å²) in [5, 5.41) is 2.97. The smallest absolute Gasteiger partial charge is 0.220 e. The van der Waals surface area contributed by atoms with Gasteiger partial charge in [0.1, 0.15) is 5.75 Å². The molecule has 1 amide bonds. The SMILES string of the molecule is CCOc1ccccc1CCC(=O)N[C@@H](C)CC. The summed E-state index contributed by atoms with van der Waals surface area (Å²) >= 11 is 0. The summed E-state index contributed by atoms with van der Waals surface area (Å²) in [7, 11) is 0. The Hall–Kier alpha value is -1.51. The lowest BCUT2D eigenvalue weighted by atomic mass is 10.1. The van der Waals surface area contributed by atoms with E-state index < -0.39 is 0 Å². The predicted octanol–water partition coefficient (Wildman–Crippen LogP) is 2.93. The van der Waals surface area contributed by atoms with Crippen molar-refractivity contribution in [1.82, 2.24) is 5.32 Å². The molecular formula is C15H23NO2. The van der Waals surface area contributed by atoms with E-state index in [1.165, 1.54) is 0 Å². The van der Waals surface area contributed by atoms with Crippen LogP contribution >= 0.6 is 0 Å². The number of ether oxygens (including phenoxy) is 1. The maximum absolute atomic E-state index is 11.7. The number of carbonyl (C=O) groups is 1. The number of aryl methyl sites for hydroxylation is 1. The average Bonchev–Trinajstić information content (AvgIpc) is 2.38. The molecular weight excluding hydrogens is 226 g/mol. The second kappa shape index (κ2) is 7.75. The summed E-state index contributed by atoms with van der Waals surface area (Å²) in [5.74, 6) is 0.993. The highest BCUT2D eigenvalue weighted by molar-refractivity contribution is 5.76. The lowest BCUT2D eigenvalue weighted by molar-refractivity contribution is -0.121. The average molecular weight is 249 g/mol. The highest BCUT2D eigenvalue weighted by Gasteiger charge is 2.08. The Labute approximate surface area is 110 Å². The highest BCUT2D eigenvalue weighted by atomic mass is 16.5. The van der Waals surface area contributed by atoms with Gasteiger partial charge in [-0.3, -0.25) is 4.79 Å². The third-order valence-electron chi connectivity index (χ3n) is 2.91. The summed E-state index contributed by atoms with van der Waals surface area (Å²) in [5.41, 5.74) is 1.10. The molecule has 0 radical (unpaired) electrons. The molecule has 0 aliphatic rings. The van der Waals surface area contributed by atoms with E-state index in [1.807, 2.05) is 38.1 Å². The van der Waals surface area contributed by atoms with Crippen molar-refractivity contribution in [1.29, 1.82) is 0 Å². The topological polar surface area (TPSA) is 38.3 Å². The predicted molar refractivity (Wildman–Crippen MR) is 73.8 cm³/mol. The Morgan fingerprint density at radius 3 is 2.72 bits per heavy atom. The Bertz CT molecular complexity index is 377. The zero-order valence-electron chi connectivity index (χ0n) is 11.5. The number of benzene rings is 1. The Balaban J connectivity index is 2.50. The second-order valence-electron chi connectivity index (χ2n) is 4.42. The summed E-state index contributed by atoms with van der Waals surface area (Å²) in [6.07, 6.45) is 2.19. The molecule has 0 aliphatic carbocycles. The van der Waals surface area contributed by atoms with E-state index in [2.05, 4.69) is 12.2 Å². The molecule has 0 aliphatic heterocycles. The molecule has 0 spiro atoms. The fourth-order valence-electron chi connectivity index (χ4n) is 1.70. The lowest BCUT2D eigenvalue weighted by Crippen LogP contribution is -2.32. The summed E-state index contributed by atoms with van der Waals surface area (Å²) in [6, 6.07) is 8.14. The molecule has 3 nitrogen and oxygen atoms in total. The normalized spacial score (nSPS) is 11.9. The van der Waals surface area contributed by atoms with Crippen LogP contribution in [0.3, 0.4) is 0 Å². The van der Waals surface area contributed by atoms with Gasteiger partial charge in [0.2, 0.25) is 5.91 Å². The van der Waals surface area contributed by atoms with Crippen molar-refractivity contribution < 1.29 is 9.53 Å². The monoisotopic (exact) mass is 249 g/mol. The van der Waals surface area contributed by atoms with E-state index in [0.29, 0.717) is 13.0 Å². The number of nitrogens with one attached hydrogen (secondary N) is 1. The van der Waals surface area contributed by atoms with Crippen molar-refractivity contribution >= 4 is 5.91 Å². The highest BCUT2D eigenvalue weighted by Crippen LogP contribution is 2.19. The van der Waals surface area contributed by atoms with Gasteiger partial charge < -0.3 is 10.1 Å². The van der Waals surface area contributed by atoms with E-state index in [1.54, 1.807) is 0 Å².